The molecule has 0 amide bonds. The quantitative estimate of drug-likeness (QED) is 0.194. The summed E-state index contributed by atoms with van der Waals surface area (Å²) in [5.74, 6) is -2.19. The van der Waals surface area contributed by atoms with Gasteiger partial charge in [-0.3, -0.25) is 28.8 Å². The third-order valence-electron chi connectivity index (χ3n) is 27.0. The van der Waals surface area contributed by atoms with Crippen molar-refractivity contribution in [2.45, 2.75) is 210 Å². The Hall–Kier alpha value is -4.08. The van der Waals surface area contributed by atoms with Crippen LogP contribution >= 0.6 is 0 Å². The maximum absolute atomic E-state index is 14.5. The molecule has 0 bridgehead atoms. The van der Waals surface area contributed by atoms with Crippen molar-refractivity contribution < 1.29 is 57.9 Å². The SMILES string of the molecule is COC(=O)[C@@]12CC[C@]3(C)[C@H](C(=O)C=C4[C@@]5(C)[C@H]6O[C@@]6(C#N)C(=O)C(C)(C)[C@@H]5CC[C@]43C)[C@@H]1CC(C)(C)[C@@H](O)C2.COC(=O)[C@@]12CC[C@]3(C)[C@H](C(=O)C=C4[C@@]5(C)[C@H]6O[C@@]6(C#N)C(=O)C(C)(C)[C@@H]5CC[C@]43C)[C@@H]1CC(C)(C)[C@H](O)C2. The van der Waals surface area contributed by atoms with Gasteiger partial charge in [-0.25, -0.2) is 0 Å². The second-order valence-corrected chi connectivity index (χ2v) is 31.2. The lowest BCUT2D eigenvalue weighted by molar-refractivity contribution is -0.205. The highest BCUT2D eigenvalue weighted by molar-refractivity contribution is 6.02. The van der Waals surface area contributed by atoms with E-state index in [1.54, 1.807) is 0 Å². The number of aliphatic hydroxyl groups excluding tert-OH is 2. The van der Waals surface area contributed by atoms with E-state index in [-0.39, 0.29) is 81.4 Å². The Morgan fingerprint density at radius 3 is 1.18 bits per heavy atom. The minimum atomic E-state index is -1.44. The molecule has 2 heterocycles. The molecule has 14 heteroatoms. The van der Waals surface area contributed by atoms with E-state index < -0.39 is 89.8 Å². The molecule has 0 aromatic heterocycles. The van der Waals surface area contributed by atoms with E-state index in [2.05, 4.69) is 53.7 Å². The number of carbonyl (C=O) groups is 6. The molecule has 14 nitrogen and oxygen atoms in total. The van der Waals surface area contributed by atoms with Crippen LogP contribution in [-0.4, -0.2) is 95.1 Å². The first-order chi connectivity index (χ1) is 35.9. The van der Waals surface area contributed by atoms with Gasteiger partial charge in [-0.05, 0) is 145 Å². The Morgan fingerprint density at radius 1 is 0.538 bits per heavy atom. The first kappa shape index (κ1) is 55.8. The van der Waals surface area contributed by atoms with Crippen LogP contribution in [0.4, 0.5) is 0 Å². The standard InChI is InChI=1S/2C32H43NO6/c2*1-26(2)14-17-22-18(34)13-20-28(5,29(22,6)11-12-31(17,15-21(26)35)25(37)38-8)10-9-19-27(3,4)23(36)32(16-33)24(39-32)30(19,20)7/h2*13,17,19,21-22,24,35H,9-12,14-15H2,1-8H3/t17-,19-,21+,22-,24+,28+,29+,30-,31+,32-;17-,19-,21-,22-,24+,28+,29+,30-,31+,32-/m00/s1. The van der Waals surface area contributed by atoms with E-state index >= 15 is 0 Å². The number of esters is 2. The Morgan fingerprint density at radius 2 is 0.872 bits per heavy atom. The van der Waals surface area contributed by atoms with Gasteiger partial charge in [-0.15, -0.1) is 0 Å². The predicted octanol–water partition coefficient (Wildman–Crippen LogP) is 9.12. The zero-order valence-electron chi connectivity index (χ0n) is 49.3. The summed E-state index contributed by atoms with van der Waals surface area (Å²) >= 11 is 0. The van der Waals surface area contributed by atoms with Crippen LogP contribution in [0, 0.1) is 123 Å². The topological polar surface area (TPSA) is 234 Å². The van der Waals surface area contributed by atoms with Gasteiger partial charge < -0.3 is 29.2 Å². The lowest BCUT2D eigenvalue weighted by Crippen LogP contribution is -2.68. The van der Waals surface area contributed by atoms with Gasteiger partial charge in [-0.2, -0.15) is 10.5 Å². The number of methoxy groups -OCH3 is 2. The number of epoxide rings is 2. The zero-order valence-corrected chi connectivity index (χ0v) is 49.3. The summed E-state index contributed by atoms with van der Waals surface area (Å²) in [6.45, 7) is 29.1. The van der Waals surface area contributed by atoms with E-state index in [0.717, 1.165) is 36.8 Å². The van der Waals surface area contributed by atoms with Crippen LogP contribution in [0.25, 0.3) is 0 Å². The first-order valence-corrected chi connectivity index (χ1v) is 29.2. The fourth-order valence-electron chi connectivity index (χ4n) is 22.0. The molecule has 2 N–H and O–H groups in total. The molecule has 0 aromatic carbocycles. The van der Waals surface area contributed by atoms with Crippen LogP contribution in [0.5, 0.6) is 0 Å². The van der Waals surface area contributed by atoms with Crippen LogP contribution in [0.15, 0.2) is 23.3 Å². The van der Waals surface area contributed by atoms with Crippen molar-refractivity contribution in [3.63, 3.8) is 0 Å². The maximum Gasteiger partial charge on any atom is 0.312 e. The summed E-state index contributed by atoms with van der Waals surface area (Å²) in [5.41, 5.74) is -7.83. The van der Waals surface area contributed by atoms with Crippen LogP contribution < -0.4 is 0 Å². The molecule has 2 aliphatic heterocycles. The zero-order chi connectivity index (χ0) is 57.5. The number of allylic oxidation sites excluding steroid dienone is 2. The normalized spacial score (nSPS) is 52.5. The average molecular weight is 1080 g/mol. The summed E-state index contributed by atoms with van der Waals surface area (Å²) < 4.78 is 22.8. The summed E-state index contributed by atoms with van der Waals surface area (Å²) in [6, 6.07) is 4.44. The molecule has 8 saturated carbocycles. The molecule has 20 atom stereocenters. The van der Waals surface area contributed by atoms with Crippen molar-refractivity contribution in [1.29, 1.82) is 10.5 Å². The molecule has 12 rings (SSSR count). The van der Waals surface area contributed by atoms with Gasteiger partial charge in [0.2, 0.25) is 11.2 Å². The number of carbonyl (C=O) groups excluding carboxylic acids is 6. The van der Waals surface area contributed by atoms with Gasteiger partial charge in [0.1, 0.15) is 24.3 Å². The van der Waals surface area contributed by atoms with Crippen LogP contribution in [0.2, 0.25) is 0 Å². The highest BCUT2D eigenvalue weighted by Crippen LogP contribution is 2.80. The van der Waals surface area contributed by atoms with Crippen molar-refractivity contribution in [1.82, 2.24) is 0 Å². The van der Waals surface area contributed by atoms with Gasteiger partial charge in [-0.1, -0.05) is 108 Å². The second-order valence-electron chi connectivity index (χ2n) is 31.2. The van der Waals surface area contributed by atoms with E-state index in [1.165, 1.54) is 14.2 Å². The molecule has 2 saturated heterocycles. The third kappa shape index (κ3) is 6.08. The van der Waals surface area contributed by atoms with Crippen molar-refractivity contribution in [2.75, 3.05) is 14.2 Å². The van der Waals surface area contributed by atoms with Gasteiger partial charge in [0.25, 0.3) is 0 Å². The van der Waals surface area contributed by atoms with Gasteiger partial charge in [0.05, 0.1) is 37.3 Å². The van der Waals surface area contributed by atoms with Gasteiger partial charge >= 0.3 is 11.9 Å². The maximum atomic E-state index is 14.5. The Kier molecular flexibility index (Phi) is 11.4. The monoisotopic (exact) mass is 1070 g/mol. The summed E-state index contributed by atoms with van der Waals surface area (Å²) in [5, 5.41) is 42.4. The molecule has 12 aliphatic rings. The smallest absolute Gasteiger partial charge is 0.312 e. The van der Waals surface area contributed by atoms with Crippen molar-refractivity contribution in [3.05, 3.63) is 23.3 Å². The number of aliphatic hydroxyl groups is 2. The molecule has 0 spiro atoms. The lowest BCUT2D eigenvalue weighted by Gasteiger charge is -2.69. The summed E-state index contributed by atoms with van der Waals surface area (Å²) in [4.78, 5) is 82.9. The molecule has 10 fully saturated rings. The second kappa shape index (κ2) is 15.9. The molecule has 424 valence electrons. The number of nitriles is 2. The molecule has 0 unspecified atom stereocenters. The Balaban J connectivity index is 0.000000165. The van der Waals surface area contributed by atoms with Crippen molar-refractivity contribution in [2.24, 2.45) is 100 Å². The Bertz CT molecular complexity index is 2740. The largest absolute Gasteiger partial charge is 0.469 e. The summed E-state index contributed by atoms with van der Waals surface area (Å²) in [7, 11) is 2.81. The summed E-state index contributed by atoms with van der Waals surface area (Å²) in [6.07, 6.45) is 8.71. The highest BCUT2D eigenvalue weighted by Gasteiger charge is 2.85. The van der Waals surface area contributed by atoms with Crippen LogP contribution in [-0.2, 0) is 47.7 Å². The van der Waals surface area contributed by atoms with Gasteiger partial charge in [0.15, 0.2) is 23.1 Å². The fraction of sp³-hybridized carbons (Fsp3) is 0.812. The number of nitrogens with zero attached hydrogens (tertiary/aromatic N) is 2. The van der Waals surface area contributed by atoms with E-state index in [1.807, 2.05) is 67.5 Å². The van der Waals surface area contributed by atoms with Crippen LogP contribution in [0.1, 0.15) is 174 Å². The minimum Gasteiger partial charge on any atom is -0.469 e. The Labute approximate surface area is 461 Å². The molecular weight excluding hydrogens is 989 g/mol. The molecular formula is C64H86N2O12. The molecule has 0 aromatic rings. The number of hydrogen-bond donors (Lipinski definition) is 2. The first-order valence-electron chi connectivity index (χ1n) is 29.2. The van der Waals surface area contributed by atoms with Crippen molar-refractivity contribution >= 4 is 35.1 Å². The number of rotatable bonds is 2. The predicted molar refractivity (Wildman–Crippen MR) is 284 cm³/mol. The van der Waals surface area contributed by atoms with Crippen molar-refractivity contribution in [3.8, 4) is 12.1 Å². The van der Waals surface area contributed by atoms with E-state index in [9.17, 15) is 49.5 Å². The van der Waals surface area contributed by atoms with Crippen LogP contribution in [0.3, 0.4) is 0 Å². The number of ether oxygens (including phenoxy) is 4. The molecule has 78 heavy (non-hydrogen) atoms. The fourth-order valence-corrected chi connectivity index (χ4v) is 22.0. The molecule has 0 radical (unpaired) electrons. The molecule has 10 aliphatic carbocycles. The number of ketones is 4. The number of hydrogen-bond acceptors (Lipinski definition) is 14. The van der Waals surface area contributed by atoms with E-state index in [0.29, 0.717) is 51.4 Å². The van der Waals surface area contributed by atoms with Gasteiger partial charge in [0, 0.05) is 33.5 Å². The minimum absolute atomic E-state index is 0.0231. The number of Topliss-reactive ketones (excluding diaryl/α,β-unsaturated/α-hetero) is 2. The lowest BCUT2D eigenvalue weighted by atomic mass is 9.33. The average Bonchev–Trinajstić information content (AvgIpc) is 4.45. The third-order valence-corrected chi connectivity index (χ3v) is 27.0. The number of fused-ring (bicyclic) bond motifs is 18. The van der Waals surface area contributed by atoms with E-state index in [4.69, 9.17) is 18.9 Å². The highest BCUT2D eigenvalue weighted by atomic mass is 16.6.